The summed E-state index contributed by atoms with van der Waals surface area (Å²) in [7, 11) is 0. The molecule has 0 amide bonds. The van der Waals surface area contributed by atoms with Gasteiger partial charge in [0.2, 0.25) is 0 Å². The van der Waals surface area contributed by atoms with Crippen LogP contribution in [0.2, 0.25) is 0 Å². The summed E-state index contributed by atoms with van der Waals surface area (Å²) in [4.78, 5) is 10.6. The van der Waals surface area contributed by atoms with Gasteiger partial charge in [0.15, 0.2) is 0 Å². The van der Waals surface area contributed by atoms with Gasteiger partial charge in [-0.05, 0) is 42.3 Å². The van der Waals surface area contributed by atoms with Gasteiger partial charge in [0, 0.05) is 6.54 Å². The van der Waals surface area contributed by atoms with Gasteiger partial charge in [-0.15, -0.1) is 0 Å². The van der Waals surface area contributed by atoms with Crippen LogP contribution in [0.4, 0.5) is 0 Å². The van der Waals surface area contributed by atoms with Crippen LogP contribution in [0.25, 0.3) is 0 Å². The van der Waals surface area contributed by atoms with Gasteiger partial charge in [0.25, 0.3) is 0 Å². The van der Waals surface area contributed by atoms with Crippen molar-refractivity contribution in [2.75, 3.05) is 6.54 Å². The molecule has 2 atom stereocenters. The number of rotatable bonds is 7. The van der Waals surface area contributed by atoms with E-state index in [1.54, 1.807) is 0 Å². The van der Waals surface area contributed by atoms with Crippen LogP contribution in [0, 0.1) is 11.8 Å². The van der Waals surface area contributed by atoms with Crippen LogP contribution in [0.15, 0.2) is 24.3 Å². The van der Waals surface area contributed by atoms with Crippen molar-refractivity contribution in [3.8, 4) is 0 Å². The lowest BCUT2D eigenvalue weighted by Crippen LogP contribution is -2.21. The summed E-state index contributed by atoms with van der Waals surface area (Å²) in [5.74, 6) is 1.03. The molecular formula is C18H27NO2. The van der Waals surface area contributed by atoms with Gasteiger partial charge in [-0.25, -0.2) is 0 Å². The first kappa shape index (κ1) is 16.0. The van der Waals surface area contributed by atoms with E-state index >= 15 is 0 Å². The van der Waals surface area contributed by atoms with Crippen molar-refractivity contribution >= 4 is 5.97 Å². The Morgan fingerprint density at radius 1 is 1.24 bits per heavy atom. The molecule has 2 rings (SSSR count). The van der Waals surface area contributed by atoms with Crippen LogP contribution in [-0.4, -0.2) is 17.6 Å². The molecule has 3 heteroatoms. The van der Waals surface area contributed by atoms with Crippen molar-refractivity contribution in [2.45, 2.75) is 52.0 Å². The number of carbonyl (C=O) groups is 1. The van der Waals surface area contributed by atoms with Crippen molar-refractivity contribution in [2.24, 2.45) is 11.8 Å². The Kier molecular flexibility index (Phi) is 6.24. The summed E-state index contributed by atoms with van der Waals surface area (Å²) in [6, 6.07) is 7.86. The third-order valence-corrected chi connectivity index (χ3v) is 4.48. The zero-order chi connectivity index (χ0) is 15.1. The average molecular weight is 289 g/mol. The molecule has 1 aliphatic carbocycles. The highest BCUT2D eigenvalue weighted by atomic mass is 16.4. The Labute approximate surface area is 127 Å². The van der Waals surface area contributed by atoms with Crippen molar-refractivity contribution < 1.29 is 9.90 Å². The van der Waals surface area contributed by atoms with Crippen molar-refractivity contribution in [3.05, 3.63) is 35.4 Å². The van der Waals surface area contributed by atoms with Crippen LogP contribution in [0.5, 0.6) is 0 Å². The number of benzene rings is 1. The third-order valence-electron chi connectivity index (χ3n) is 4.48. The molecule has 0 aromatic heterocycles. The first-order valence-corrected chi connectivity index (χ1v) is 8.14. The molecule has 116 valence electrons. The number of nitrogens with one attached hydrogen (secondary N) is 1. The van der Waals surface area contributed by atoms with Gasteiger partial charge in [0.1, 0.15) is 0 Å². The lowest BCUT2D eigenvalue weighted by Gasteiger charge is -2.26. The normalized spacial score (nSPS) is 22.1. The van der Waals surface area contributed by atoms with Gasteiger partial charge < -0.3 is 10.4 Å². The smallest absolute Gasteiger partial charge is 0.307 e. The maximum atomic E-state index is 10.6. The molecule has 1 aromatic rings. The highest BCUT2D eigenvalue weighted by Gasteiger charge is 2.17. The number of aliphatic carboxylic acids is 1. The van der Waals surface area contributed by atoms with E-state index in [0.717, 1.165) is 30.5 Å². The zero-order valence-corrected chi connectivity index (χ0v) is 13.0. The fourth-order valence-electron chi connectivity index (χ4n) is 3.31. The van der Waals surface area contributed by atoms with Gasteiger partial charge in [-0.2, -0.15) is 0 Å². The van der Waals surface area contributed by atoms with Crippen LogP contribution in [0.1, 0.15) is 50.2 Å². The highest BCUT2D eigenvalue weighted by Crippen LogP contribution is 2.30. The van der Waals surface area contributed by atoms with Crippen LogP contribution < -0.4 is 5.32 Å². The lowest BCUT2D eigenvalue weighted by molar-refractivity contribution is -0.136. The Balaban J connectivity index is 1.65. The minimum absolute atomic E-state index is 0.105. The lowest BCUT2D eigenvalue weighted by atomic mass is 9.81. The number of carboxylic acid groups (broad SMARTS) is 1. The number of carboxylic acids is 1. The van der Waals surface area contributed by atoms with E-state index in [2.05, 4.69) is 12.2 Å². The summed E-state index contributed by atoms with van der Waals surface area (Å²) in [6.07, 6.45) is 6.99. The Bertz CT molecular complexity index is 441. The van der Waals surface area contributed by atoms with Crippen molar-refractivity contribution in [1.29, 1.82) is 0 Å². The number of hydrogen-bond donors (Lipinski definition) is 2. The molecule has 1 saturated carbocycles. The Morgan fingerprint density at radius 2 is 1.95 bits per heavy atom. The van der Waals surface area contributed by atoms with Crippen LogP contribution in [0.3, 0.4) is 0 Å². The first-order chi connectivity index (χ1) is 10.1. The Hall–Kier alpha value is -1.35. The van der Waals surface area contributed by atoms with E-state index < -0.39 is 5.97 Å². The highest BCUT2D eigenvalue weighted by molar-refractivity contribution is 5.70. The zero-order valence-electron chi connectivity index (χ0n) is 13.0. The van der Waals surface area contributed by atoms with Gasteiger partial charge in [-0.3, -0.25) is 4.79 Å². The molecule has 3 nitrogen and oxygen atoms in total. The van der Waals surface area contributed by atoms with E-state index in [0.29, 0.717) is 0 Å². The molecule has 0 radical (unpaired) electrons. The Morgan fingerprint density at radius 3 is 2.62 bits per heavy atom. The SMILES string of the molecule is CC1CCCC(CCNCc2ccc(CC(=O)O)cc2)C1. The van der Waals surface area contributed by atoms with Crippen LogP contribution in [-0.2, 0) is 17.8 Å². The van der Waals surface area contributed by atoms with Gasteiger partial charge in [0.05, 0.1) is 6.42 Å². The largest absolute Gasteiger partial charge is 0.481 e. The third kappa shape index (κ3) is 5.88. The summed E-state index contributed by atoms with van der Waals surface area (Å²) >= 11 is 0. The maximum absolute atomic E-state index is 10.6. The average Bonchev–Trinajstić information content (AvgIpc) is 2.45. The summed E-state index contributed by atoms with van der Waals surface area (Å²) < 4.78 is 0. The molecule has 1 fully saturated rings. The summed E-state index contributed by atoms with van der Waals surface area (Å²) in [5.41, 5.74) is 2.09. The molecule has 1 aromatic carbocycles. The molecule has 0 aliphatic heterocycles. The predicted molar refractivity (Wildman–Crippen MR) is 85.2 cm³/mol. The van der Waals surface area contributed by atoms with E-state index in [4.69, 9.17) is 5.11 Å². The second-order valence-electron chi connectivity index (χ2n) is 6.49. The van der Waals surface area contributed by atoms with Crippen LogP contribution >= 0.6 is 0 Å². The van der Waals surface area contributed by atoms with Crippen molar-refractivity contribution in [3.63, 3.8) is 0 Å². The topological polar surface area (TPSA) is 49.3 Å². The molecule has 0 heterocycles. The summed E-state index contributed by atoms with van der Waals surface area (Å²) in [5, 5.41) is 12.2. The molecule has 1 aliphatic rings. The minimum atomic E-state index is -0.775. The van der Waals surface area contributed by atoms with E-state index in [9.17, 15) is 4.79 Å². The quantitative estimate of drug-likeness (QED) is 0.754. The molecule has 0 saturated heterocycles. The van der Waals surface area contributed by atoms with Crippen molar-refractivity contribution in [1.82, 2.24) is 5.32 Å². The maximum Gasteiger partial charge on any atom is 0.307 e. The molecular weight excluding hydrogens is 262 g/mol. The molecule has 0 bridgehead atoms. The van der Waals surface area contributed by atoms with Gasteiger partial charge in [-0.1, -0.05) is 50.5 Å². The minimum Gasteiger partial charge on any atom is -0.481 e. The summed E-state index contributed by atoms with van der Waals surface area (Å²) in [6.45, 7) is 4.32. The monoisotopic (exact) mass is 289 g/mol. The fourth-order valence-corrected chi connectivity index (χ4v) is 3.31. The fraction of sp³-hybridized carbons (Fsp3) is 0.611. The van der Waals surface area contributed by atoms with E-state index in [1.165, 1.54) is 37.7 Å². The first-order valence-electron chi connectivity index (χ1n) is 8.14. The number of hydrogen-bond acceptors (Lipinski definition) is 2. The predicted octanol–water partition coefficient (Wildman–Crippen LogP) is 3.62. The molecule has 21 heavy (non-hydrogen) atoms. The molecule has 0 spiro atoms. The second kappa shape index (κ2) is 8.18. The molecule has 2 N–H and O–H groups in total. The van der Waals surface area contributed by atoms with E-state index in [-0.39, 0.29) is 6.42 Å². The van der Waals surface area contributed by atoms with Gasteiger partial charge >= 0.3 is 5.97 Å². The molecule has 2 unspecified atom stereocenters. The van der Waals surface area contributed by atoms with E-state index in [1.807, 2.05) is 24.3 Å². The standard InChI is InChI=1S/C18H27NO2/c1-14-3-2-4-15(11-14)9-10-19-13-17-7-5-16(6-8-17)12-18(20)21/h5-8,14-15,19H,2-4,9-13H2,1H3,(H,20,21). The second-order valence-corrected chi connectivity index (χ2v) is 6.49.